The van der Waals surface area contributed by atoms with Crippen LogP contribution in [0.3, 0.4) is 0 Å². The Balaban J connectivity index is 1.96. The van der Waals surface area contributed by atoms with Crippen LogP contribution in [-0.4, -0.2) is 19.0 Å². The summed E-state index contributed by atoms with van der Waals surface area (Å²) in [5.41, 5.74) is 3.64. The molecule has 2 N–H and O–H groups in total. The lowest BCUT2D eigenvalue weighted by Gasteiger charge is -2.31. The SMILES string of the molecule is Cc1cc(Br)cc(C)c1CNC(=O)C(C)C1CNC1. The van der Waals surface area contributed by atoms with Gasteiger partial charge < -0.3 is 10.6 Å². The van der Waals surface area contributed by atoms with Gasteiger partial charge in [0.2, 0.25) is 5.91 Å². The first-order valence-electron chi connectivity index (χ1n) is 6.73. The Morgan fingerprint density at radius 2 is 2.00 bits per heavy atom. The molecule has 1 aromatic carbocycles. The van der Waals surface area contributed by atoms with E-state index in [2.05, 4.69) is 52.5 Å². The first-order valence-corrected chi connectivity index (χ1v) is 7.52. The molecule has 3 nitrogen and oxygen atoms in total. The van der Waals surface area contributed by atoms with Crippen LogP contribution in [-0.2, 0) is 11.3 Å². The summed E-state index contributed by atoms with van der Waals surface area (Å²) in [5.74, 6) is 0.748. The number of amides is 1. The minimum Gasteiger partial charge on any atom is -0.352 e. The third-order valence-electron chi connectivity index (χ3n) is 4.03. The number of carbonyl (C=O) groups excluding carboxylic acids is 1. The van der Waals surface area contributed by atoms with Gasteiger partial charge in [0.25, 0.3) is 0 Å². The Labute approximate surface area is 123 Å². The third kappa shape index (κ3) is 3.37. The summed E-state index contributed by atoms with van der Waals surface area (Å²) in [6.45, 7) is 8.73. The number of rotatable bonds is 4. The summed E-state index contributed by atoms with van der Waals surface area (Å²) in [6.07, 6.45) is 0. The van der Waals surface area contributed by atoms with Crippen LogP contribution in [0.2, 0.25) is 0 Å². The molecule has 2 rings (SSSR count). The van der Waals surface area contributed by atoms with E-state index in [0.717, 1.165) is 17.6 Å². The molecule has 0 radical (unpaired) electrons. The normalized spacial score (nSPS) is 16.8. The van der Waals surface area contributed by atoms with E-state index < -0.39 is 0 Å². The van der Waals surface area contributed by atoms with Crippen LogP contribution in [0.15, 0.2) is 16.6 Å². The molecule has 19 heavy (non-hydrogen) atoms. The van der Waals surface area contributed by atoms with Gasteiger partial charge in [0.1, 0.15) is 0 Å². The summed E-state index contributed by atoms with van der Waals surface area (Å²) >= 11 is 3.49. The number of carbonyl (C=O) groups is 1. The number of benzene rings is 1. The van der Waals surface area contributed by atoms with Gasteiger partial charge in [-0.05, 0) is 61.7 Å². The van der Waals surface area contributed by atoms with E-state index in [1.165, 1.54) is 16.7 Å². The number of halogens is 1. The fraction of sp³-hybridized carbons (Fsp3) is 0.533. The molecule has 4 heteroatoms. The third-order valence-corrected chi connectivity index (χ3v) is 4.49. The molecule has 0 bridgehead atoms. The Kier molecular flexibility index (Phi) is 4.63. The van der Waals surface area contributed by atoms with Crippen molar-refractivity contribution in [1.29, 1.82) is 0 Å². The summed E-state index contributed by atoms with van der Waals surface area (Å²) < 4.78 is 1.09. The summed E-state index contributed by atoms with van der Waals surface area (Å²) in [5, 5.41) is 6.28. The average Bonchev–Trinajstić information content (AvgIpc) is 2.24. The smallest absolute Gasteiger partial charge is 0.223 e. The van der Waals surface area contributed by atoms with Gasteiger partial charge in [-0.3, -0.25) is 4.79 Å². The maximum Gasteiger partial charge on any atom is 0.223 e. The van der Waals surface area contributed by atoms with E-state index in [0.29, 0.717) is 12.5 Å². The lowest BCUT2D eigenvalue weighted by Crippen LogP contribution is -2.49. The first-order chi connectivity index (χ1) is 8.99. The van der Waals surface area contributed by atoms with Crippen LogP contribution in [0, 0.1) is 25.7 Å². The van der Waals surface area contributed by atoms with Gasteiger partial charge in [0, 0.05) is 16.9 Å². The summed E-state index contributed by atoms with van der Waals surface area (Å²) in [4.78, 5) is 12.1. The van der Waals surface area contributed by atoms with Crippen LogP contribution in [0.25, 0.3) is 0 Å². The van der Waals surface area contributed by atoms with Crippen LogP contribution in [0.5, 0.6) is 0 Å². The summed E-state index contributed by atoms with van der Waals surface area (Å²) in [7, 11) is 0. The highest BCUT2D eigenvalue weighted by Crippen LogP contribution is 2.21. The van der Waals surface area contributed by atoms with Gasteiger partial charge in [-0.25, -0.2) is 0 Å². The van der Waals surface area contributed by atoms with Crippen molar-refractivity contribution in [2.24, 2.45) is 11.8 Å². The molecule has 1 fully saturated rings. The molecule has 0 spiro atoms. The van der Waals surface area contributed by atoms with Crippen molar-refractivity contribution < 1.29 is 4.79 Å². The predicted octanol–water partition coefficient (Wildman–Crippen LogP) is 2.54. The molecule has 0 aromatic heterocycles. The van der Waals surface area contributed by atoms with Gasteiger partial charge in [0.05, 0.1) is 0 Å². The molecule has 1 heterocycles. The van der Waals surface area contributed by atoms with Crippen LogP contribution in [0.1, 0.15) is 23.6 Å². The standard InChI is InChI=1S/C15H21BrN2O/c1-9-4-13(16)5-10(2)14(9)8-18-15(19)11(3)12-6-17-7-12/h4-5,11-12,17H,6-8H2,1-3H3,(H,18,19). The van der Waals surface area contributed by atoms with Gasteiger partial charge in [-0.15, -0.1) is 0 Å². The molecule has 1 atom stereocenters. The fourth-order valence-corrected chi connectivity index (χ4v) is 3.12. The lowest BCUT2D eigenvalue weighted by molar-refractivity contribution is -0.126. The number of aryl methyl sites for hydroxylation is 2. The highest BCUT2D eigenvalue weighted by molar-refractivity contribution is 9.10. The Bertz CT molecular complexity index is 460. The van der Waals surface area contributed by atoms with Gasteiger partial charge in [0.15, 0.2) is 0 Å². The molecule has 1 saturated heterocycles. The Hall–Kier alpha value is -0.870. The van der Waals surface area contributed by atoms with Crippen LogP contribution < -0.4 is 10.6 Å². The maximum absolute atomic E-state index is 12.1. The molecule has 1 aliphatic rings. The Morgan fingerprint density at radius 1 is 1.42 bits per heavy atom. The van der Waals surface area contributed by atoms with Gasteiger partial charge in [-0.2, -0.15) is 0 Å². The zero-order valence-electron chi connectivity index (χ0n) is 11.7. The minimum atomic E-state index is 0.0947. The van der Waals surface area contributed by atoms with Crippen LogP contribution in [0.4, 0.5) is 0 Å². The van der Waals surface area contributed by atoms with Crippen LogP contribution >= 0.6 is 15.9 Å². The molecular formula is C15H21BrN2O. The molecular weight excluding hydrogens is 304 g/mol. The van der Waals surface area contributed by atoms with Crippen molar-refractivity contribution in [3.8, 4) is 0 Å². The maximum atomic E-state index is 12.1. The summed E-state index contributed by atoms with van der Waals surface area (Å²) in [6, 6.07) is 4.18. The number of hydrogen-bond donors (Lipinski definition) is 2. The topological polar surface area (TPSA) is 41.1 Å². The predicted molar refractivity (Wildman–Crippen MR) is 81.0 cm³/mol. The highest BCUT2D eigenvalue weighted by Gasteiger charge is 2.28. The molecule has 1 amide bonds. The van der Waals surface area contributed by atoms with Crippen molar-refractivity contribution in [2.45, 2.75) is 27.3 Å². The highest BCUT2D eigenvalue weighted by atomic mass is 79.9. The van der Waals surface area contributed by atoms with E-state index in [1.54, 1.807) is 0 Å². The van der Waals surface area contributed by atoms with Crippen molar-refractivity contribution in [1.82, 2.24) is 10.6 Å². The second kappa shape index (κ2) is 6.06. The van der Waals surface area contributed by atoms with Crippen molar-refractivity contribution in [3.05, 3.63) is 33.3 Å². The molecule has 0 saturated carbocycles. The number of hydrogen-bond acceptors (Lipinski definition) is 2. The molecule has 104 valence electrons. The van der Waals surface area contributed by atoms with Crippen molar-refractivity contribution in [3.63, 3.8) is 0 Å². The second-order valence-electron chi connectivity index (χ2n) is 5.44. The van der Waals surface area contributed by atoms with Gasteiger partial charge >= 0.3 is 0 Å². The Morgan fingerprint density at radius 3 is 2.47 bits per heavy atom. The lowest BCUT2D eigenvalue weighted by atomic mass is 9.88. The van der Waals surface area contributed by atoms with E-state index in [-0.39, 0.29) is 11.8 Å². The molecule has 1 unspecified atom stereocenters. The zero-order valence-corrected chi connectivity index (χ0v) is 13.3. The molecule has 1 aromatic rings. The zero-order chi connectivity index (χ0) is 14.0. The van der Waals surface area contributed by atoms with E-state index in [9.17, 15) is 4.79 Å². The quantitative estimate of drug-likeness (QED) is 0.893. The minimum absolute atomic E-state index is 0.0947. The monoisotopic (exact) mass is 324 g/mol. The molecule has 0 aliphatic carbocycles. The number of nitrogens with one attached hydrogen (secondary N) is 2. The van der Waals surface area contributed by atoms with E-state index in [1.807, 2.05) is 6.92 Å². The van der Waals surface area contributed by atoms with Crippen molar-refractivity contribution >= 4 is 21.8 Å². The van der Waals surface area contributed by atoms with Gasteiger partial charge in [-0.1, -0.05) is 22.9 Å². The van der Waals surface area contributed by atoms with Crippen molar-refractivity contribution in [2.75, 3.05) is 13.1 Å². The van der Waals surface area contributed by atoms with E-state index >= 15 is 0 Å². The average molecular weight is 325 g/mol. The first kappa shape index (κ1) is 14.5. The molecule has 1 aliphatic heterocycles. The fourth-order valence-electron chi connectivity index (χ4n) is 2.43. The second-order valence-corrected chi connectivity index (χ2v) is 6.36. The van der Waals surface area contributed by atoms with E-state index in [4.69, 9.17) is 0 Å². The largest absolute Gasteiger partial charge is 0.352 e.